The molecule has 1 aliphatic heterocycles. The molecule has 0 atom stereocenters. The number of anilines is 2. The normalized spacial score (nSPS) is 15.3. The van der Waals surface area contributed by atoms with Crippen LogP contribution in [0, 0.1) is 5.82 Å². The van der Waals surface area contributed by atoms with E-state index in [0.717, 1.165) is 23.1 Å². The molecule has 0 saturated carbocycles. The van der Waals surface area contributed by atoms with E-state index < -0.39 is 5.82 Å². The minimum atomic E-state index is -0.418. The Hall–Kier alpha value is -3.22. The Bertz CT molecular complexity index is 994. The van der Waals surface area contributed by atoms with Crippen molar-refractivity contribution in [2.24, 2.45) is 4.99 Å². The summed E-state index contributed by atoms with van der Waals surface area (Å²) in [5.74, 6) is 0.998. The quantitative estimate of drug-likeness (QED) is 0.880. The molecular weight excluding hydrogens is 333 g/mol. The maximum Gasteiger partial charge on any atom is 0.326 e. The van der Waals surface area contributed by atoms with Crippen LogP contribution in [0.3, 0.4) is 0 Å². The summed E-state index contributed by atoms with van der Waals surface area (Å²) in [6.07, 6.45) is 4.51. The Balaban J connectivity index is 1.60. The molecule has 0 fully saturated rings. The van der Waals surface area contributed by atoms with Gasteiger partial charge < -0.3 is 15.8 Å². The molecule has 0 spiro atoms. The van der Waals surface area contributed by atoms with Crippen molar-refractivity contribution in [3.8, 4) is 11.8 Å². The van der Waals surface area contributed by atoms with E-state index in [4.69, 9.17) is 10.5 Å². The highest BCUT2D eigenvalue weighted by Gasteiger charge is 2.19. The van der Waals surface area contributed by atoms with Gasteiger partial charge in [-0.1, -0.05) is 17.7 Å². The van der Waals surface area contributed by atoms with Crippen molar-refractivity contribution in [2.75, 3.05) is 17.6 Å². The van der Waals surface area contributed by atoms with Crippen LogP contribution in [0.2, 0.25) is 0 Å². The number of rotatable bonds is 3. The Morgan fingerprint density at radius 3 is 2.77 bits per heavy atom. The number of hydrogen-bond acceptors (Lipinski definition) is 6. The van der Waals surface area contributed by atoms with Crippen LogP contribution >= 0.6 is 0 Å². The van der Waals surface area contributed by atoms with E-state index in [1.165, 1.54) is 0 Å². The predicted octanol–water partition coefficient (Wildman–Crippen LogP) is 3.72. The van der Waals surface area contributed by atoms with Crippen molar-refractivity contribution in [1.29, 1.82) is 0 Å². The van der Waals surface area contributed by atoms with Crippen LogP contribution < -0.4 is 15.8 Å². The van der Waals surface area contributed by atoms with Crippen LogP contribution in [0.15, 0.2) is 40.4 Å². The van der Waals surface area contributed by atoms with E-state index in [0.29, 0.717) is 23.8 Å². The number of aliphatic imine (C=N–C) groups is 1. The molecule has 2 aromatic rings. The number of allylic oxidation sites excluding steroid dienone is 1. The highest BCUT2D eigenvalue weighted by molar-refractivity contribution is 6.05. The van der Waals surface area contributed by atoms with Crippen molar-refractivity contribution in [3.63, 3.8) is 0 Å². The van der Waals surface area contributed by atoms with Gasteiger partial charge in [-0.25, -0.2) is 4.39 Å². The van der Waals surface area contributed by atoms with Gasteiger partial charge in [-0.3, -0.25) is 4.99 Å². The molecule has 2 heterocycles. The van der Waals surface area contributed by atoms with Gasteiger partial charge in [0.05, 0.1) is 6.54 Å². The fourth-order valence-corrected chi connectivity index (χ4v) is 2.99. The first-order chi connectivity index (χ1) is 12.5. The third-order valence-electron chi connectivity index (χ3n) is 4.16. The highest BCUT2D eigenvalue weighted by Crippen LogP contribution is 2.33. The molecule has 0 radical (unpaired) electrons. The second kappa shape index (κ2) is 6.25. The summed E-state index contributed by atoms with van der Waals surface area (Å²) in [5.41, 5.74) is 9.60. The molecule has 0 unspecified atom stereocenters. The molecular formula is C19H18FN5O. The van der Waals surface area contributed by atoms with E-state index in [1.807, 2.05) is 32.1 Å². The number of nitrogens with one attached hydrogen (secondary N) is 1. The van der Waals surface area contributed by atoms with Gasteiger partial charge in [-0.15, -0.1) is 0 Å². The molecule has 4 rings (SSSR count). The number of amidine groups is 1. The van der Waals surface area contributed by atoms with Crippen molar-refractivity contribution >= 4 is 23.5 Å². The molecule has 1 aromatic carbocycles. The molecule has 6 nitrogen and oxygen atoms in total. The molecule has 1 aromatic heterocycles. The Labute approximate surface area is 150 Å². The van der Waals surface area contributed by atoms with Gasteiger partial charge in [0.2, 0.25) is 0 Å². The number of aromatic nitrogens is 2. The summed E-state index contributed by atoms with van der Waals surface area (Å²) in [6.45, 7) is 4.62. The number of benzene rings is 1. The summed E-state index contributed by atoms with van der Waals surface area (Å²) < 4.78 is 20.3. The van der Waals surface area contributed by atoms with E-state index in [9.17, 15) is 4.39 Å². The Morgan fingerprint density at radius 2 is 2.00 bits per heavy atom. The third kappa shape index (κ3) is 3.15. The first kappa shape index (κ1) is 16.3. The number of ether oxygens (including phenoxy) is 1. The second-order valence-corrected chi connectivity index (χ2v) is 6.50. The molecule has 3 N–H and O–H groups in total. The standard InChI is InChI=1S/C19H18FN5O/c1-10-5-12-3-4-14(18(20)13(12)6-10)26-19-23-15(21)8-17(25-19)24-16-7-11(2)9-22-16/h3-4,6-8H,5,9H2,1-2H3,(H3,21,22,23,24,25). The summed E-state index contributed by atoms with van der Waals surface area (Å²) in [4.78, 5) is 12.6. The fourth-order valence-electron chi connectivity index (χ4n) is 2.99. The summed E-state index contributed by atoms with van der Waals surface area (Å²) >= 11 is 0. The topological polar surface area (TPSA) is 85.4 Å². The maximum atomic E-state index is 14.7. The van der Waals surface area contributed by atoms with Crippen LogP contribution in [-0.4, -0.2) is 22.3 Å². The van der Waals surface area contributed by atoms with Gasteiger partial charge in [0.1, 0.15) is 17.5 Å². The zero-order chi connectivity index (χ0) is 18.3. The largest absolute Gasteiger partial charge is 0.421 e. The predicted molar refractivity (Wildman–Crippen MR) is 100.0 cm³/mol. The van der Waals surface area contributed by atoms with E-state index in [1.54, 1.807) is 12.1 Å². The zero-order valence-corrected chi connectivity index (χ0v) is 14.5. The molecule has 0 bridgehead atoms. The number of nitrogens with zero attached hydrogens (tertiary/aromatic N) is 3. The van der Waals surface area contributed by atoms with E-state index >= 15 is 0 Å². The molecule has 0 amide bonds. The van der Waals surface area contributed by atoms with Crippen molar-refractivity contribution in [2.45, 2.75) is 20.3 Å². The van der Waals surface area contributed by atoms with Gasteiger partial charge >= 0.3 is 6.01 Å². The van der Waals surface area contributed by atoms with Crippen LogP contribution in [-0.2, 0) is 6.42 Å². The van der Waals surface area contributed by atoms with Crippen LogP contribution in [0.5, 0.6) is 11.8 Å². The minimum Gasteiger partial charge on any atom is -0.421 e. The van der Waals surface area contributed by atoms with Gasteiger partial charge in [-0.2, -0.15) is 9.97 Å². The molecule has 0 saturated heterocycles. The maximum absolute atomic E-state index is 14.7. The third-order valence-corrected chi connectivity index (χ3v) is 4.16. The SMILES string of the molecule is CC1=CC(Nc2cc(N)nc(Oc3ccc4c(c3F)C=C(C)C4)n2)=NC1. The number of hydrogen-bond donors (Lipinski definition) is 2. The molecule has 7 heteroatoms. The average Bonchev–Trinajstić information content (AvgIpc) is 3.15. The number of fused-ring (bicyclic) bond motifs is 1. The van der Waals surface area contributed by atoms with Crippen LogP contribution in [0.4, 0.5) is 16.0 Å². The van der Waals surface area contributed by atoms with Crippen molar-refractivity contribution < 1.29 is 9.13 Å². The lowest BCUT2D eigenvalue weighted by atomic mass is 10.1. The van der Waals surface area contributed by atoms with E-state index in [-0.39, 0.29) is 17.6 Å². The lowest BCUT2D eigenvalue weighted by Gasteiger charge is -2.10. The van der Waals surface area contributed by atoms with Gasteiger partial charge in [-0.05, 0) is 43.5 Å². The smallest absolute Gasteiger partial charge is 0.326 e. The average molecular weight is 351 g/mol. The van der Waals surface area contributed by atoms with Crippen LogP contribution in [0.1, 0.15) is 25.0 Å². The number of nitrogens with two attached hydrogens (primary N) is 1. The van der Waals surface area contributed by atoms with Gasteiger partial charge in [0, 0.05) is 11.6 Å². The van der Waals surface area contributed by atoms with Gasteiger partial charge in [0.15, 0.2) is 11.6 Å². The first-order valence-corrected chi connectivity index (χ1v) is 8.27. The summed E-state index contributed by atoms with van der Waals surface area (Å²) in [7, 11) is 0. The monoisotopic (exact) mass is 351 g/mol. The Kier molecular flexibility index (Phi) is 3.91. The second-order valence-electron chi connectivity index (χ2n) is 6.50. The molecule has 1 aliphatic carbocycles. The van der Waals surface area contributed by atoms with Crippen molar-refractivity contribution in [3.05, 3.63) is 52.4 Å². The fraction of sp³-hybridized carbons (Fsp3) is 0.211. The summed E-state index contributed by atoms with van der Waals surface area (Å²) in [5, 5.41) is 3.06. The minimum absolute atomic E-state index is 0.0238. The lowest BCUT2D eigenvalue weighted by molar-refractivity contribution is 0.412. The van der Waals surface area contributed by atoms with Crippen LogP contribution in [0.25, 0.3) is 6.08 Å². The summed E-state index contributed by atoms with van der Waals surface area (Å²) in [6, 6.07) is 4.99. The van der Waals surface area contributed by atoms with Crippen molar-refractivity contribution in [1.82, 2.24) is 9.97 Å². The Morgan fingerprint density at radius 1 is 1.15 bits per heavy atom. The lowest BCUT2D eigenvalue weighted by Crippen LogP contribution is -2.10. The zero-order valence-electron chi connectivity index (χ0n) is 14.5. The number of nitrogen functional groups attached to an aromatic ring is 1. The van der Waals surface area contributed by atoms with Gasteiger partial charge in [0.25, 0.3) is 0 Å². The first-order valence-electron chi connectivity index (χ1n) is 8.27. The molecule has 26 heavy (non-hydrogen) atoms. The number of halogens is 1. The van der Waals surface area contributed by atoms with E-state index in [2.05, 4.69) is 20.3 Å². The molecule has 2 aliphatic rings. The highest BCUT2D eigenvalue weighted by atomic mass is 19.1. The molecule has 132 valence electrons.